The Labute approximate surface area is 188 Å². The van der Waals surface area contributed by atoms with Crippen LogP contribution in [-0.2, 0) is 11.8 Å². The molecule has 0 saturated heterocycles. The molecule has 0 bridgehead atoms. The van der Waals surface area contributed by atoms with Crippen molar-refractivity contribution in [2.24, 2.45) is 13.0 Å². The van der Waals surface area contributed by atoms with Gasteiger partial charge in [0.2, 0.25) is 5.91 Å². The fourth-order valence-electron chi connectivity index (χ4n) is 4.40. The Morgan fingerprint density at radius 1 is 1.03 bits per heavy atom. The number of aryl methyl sites for hydroxylation is 2. The molecule has 7 nitrogen and oxygen atoms in total. The van der Waals surface area contributed by atoms with Crippen molar-refractivity contribution >= 4 is 17.5 Å². The number of hydrogen-bond acceptors (Lipinski definition) is 4. The average molecular weight is 432 g/mol. The smallest absolute Gasteiger partial charge is 0.270 e. The molecular weight excluding hydrogens is 402 g/mol. The molecular formula is C25H29N5O2. The van der Waals surface area contributed by atoms with Crippen LogP contribution in [0.15, 0.2) is 55.0 Å². The topological polar surface area (TPSA) is 88.9 Å². The molecule has 1 unspecified atom stereocenters. The summed E-state index contributed by atoms with van der Waals surface area (Å²) in [6, 6.07) is 10.8. The quantitative estimate of drug-likeness (QED) is 0.615. The summed E-state index contributed by atoms with van der Waals surface area (Å²) in [7, 11) is 1.72. The predicted octanol–water partition coefficient (Wildman–Crippen LogP) is 4.11. The minimum absolute atomic E-state index is 0.123. The molecule has 7 heteroatoms. The fraction of sp³-hybridized carbons (Fsp3) is 0.360. The van der Waals surface area contributed by atoms with E-state index >= 15 is 0 Å². The lowest BCUT2D eigenvalue weighted by atomic mass is 9.83. The maximum atomic E-state index is 13.3. The van der Waals surface area contributed by atoms with Crippen molar-refractivity contribution in [3.8, 4) is 11.1 Å². The van der Waals surface area contributed by atoms with E-state index in [1.54, 1.807) is 25.5 Å². The van der Waals surface area contributed by atoms with Gasteiger partial charge in [0.15, 0.2) is 0 Å². The highest BCUT2D eigenvalue weighted by atomic mass is 16.2. The van der Waals surface area contributed by atoms with Gasteiger partial charge in [0.05, 0.1) is 0 Å². The van der Waals surface area contributed by atoms with Crippen LogP contribution in [0.1, 0.15) is 48.2 Å². The second-order valence-electron chi connectivity index (χ2n) is 8.45. The lowest BCUT2D eigenvalue weighted by Crippen LogP contribution is -2.49. The van der Waals surface area contributed by atoms with Crippen molar-refractivity contribution in [3.05, 3.63) is 66.2 Å². The molecule has 2 heterocycles. The number of anilines is 1. The summed E-state index contributed by atoms with van der Waals surface area (Å²) in [6.07, 6.45) is 10.4. The number of nitrogens with one attached hydrogen (secondary N) is 2. The summed E-state index contributed by atoms with van der Waals surface area (Å²) in [4.78, 5) is 30.3. The van der Waals surface area contributed by atoms with Gasteiger partial charge in [0.1, 0.15) is 11.7 Å². The van der Waals surface area contributed by atoms with Crippen LogP contribution in [0.2, 0.25) is 0 Å². The van der Waals surface area contributed by atoms with Gasteiger partial charge in [-0.15, -0.1) is 0 Å². The van der Waals surface area contributed by atoms with E-state index in [2.05, 4.69) is 20.7 Å². The molecule has 2 aromatic heterocycles. The van der Waals surface area contributed by atoms with Gasteiger partial charge in [-0.3, -0.25) is 19.3 Å². The summed E-state index contributed by atoms with van der Waals surface area (Å²) < 4.78 is 1.52. The van der Waals surface area contributed by atoms with Gasteiger partial charge >= 0.3 is 0 Å². The van der Waals surface area contributed by atoms with Crippen molar-refractivity contribution in [1.82, 2.24) is 20.1 Å². The lowest BCUT2D eigenvalue weighted by Gasteiger charge is -2.30. The fourth-order valence-corrected chi connectivity index (χ4v) is 4.40. The Morgan fingerprint density at radius 2 is 1.78 bits per heavy atom. The molecule has 0 aliphatic heterocycles. The number of hydrogen-bond donors (Lipinski definition) is 2. The van der Waals surface area contributed by atoms with E-state index in [4.69, 9.17) is 0 Å². The highest BCUT2D eigenvalue weighted by molar-refractivity contribution is 6.00. The molecule has 2 N–H and O–H groups in total. The maximum Gasteiger partial charge on any atom is 0.270 e. The summed E-state index contributed by atoms with van der Waals surface area (Å²) in [5.41, 5.74) is 4.40. The second kappa shape index (κ2) is 9.77. The van der Waals surface area contributed by atoms with Crippen LogP contribution in [-0.4, -0.2) is 32.6 Å². The number of pyridine rings is 1. The van der Waals surface area contributed by atoms with Crippen LogP contribution < -0.4 is 10.6 Å². The highest BCUT2D eigenvalue weighted by Gasteiger charge is 2.31. The third kappa shape index (κ3) is 4.88. The summed E-state index contributed by atoms with van der Waals surface area (Å²) in [5, 5.41) is 10.0. The monoisotopic (exact) mass is 431 g/mol. The third-order valence-corrected chi connectivity index (χ3v) is 6.25. The van der Waals surface area contributed by atoms with Gasteiger partial charge < -0.3 is 10.6 Å². The molecule has 1 saturated carbocycles. The first-order chi connectivity index (χ1) is 15.5. The first kappa shape index (κ1) is 21.7. The van der Waals surface area contributed by atoms with Gasteiger partial charge in [0, 0.05) is 36.9 Å². The maximum absolute atomic E-state index is 13.3. The van der Waals surface area contributed by atoms with Crippen molar-refractivity contribution in [2.45, 2.75) is 45.1 Å². The average Bonchev–Trinajstić information content (AvgIpc) is 3.25. The molecule has 1 aliphatic rings. The standard InChI is InChI=1S/C25H29N5O2/c1-17-12-14-26-16-21(17)18-8-10-20(11-9-18)28-25(32)23(19-6-4-3-5-7-19)29-24(31)22-13-15-27-30(22)2/h8-16,19,23H,3-7H2,1-2H3,(H,28,32)(H,29,31). The van der Waals surface area contributed by atoms with E-state index in [0.717, 1.165) is 42.4 Å². The van der Waals surface area contributed by atoms with Crippen LogP contribution >= 0.6 is 0 Å². The number of benzene rings is 1. The van der Waals surface area contributed by atoms with Crippen LogP contribution in [0.5, 0.6) is 0 Å². The summed E-state index contributed by atoms with van der Waals surface area (Å²) in [6.45, 7) is 2.05. The Bertz CT molecular complexity index is 1080. The Kier molecular flexibility index (Phi) is 6.63. The van der Waals surface area contributed by atoms with Crippen LogP contribution in [0.4, 0.5) is 5.69 Å². The number of carbonyl (C=O) groups is 2. The minimum Gasteiger partial charge on any atom is -0.339 e. The molecule has 2 amide bonds. The minimum atomic E-state index is -0.585. The molecule has 1 fully saturated rings. The van der Waals surface area contributed by atoms with E-state index in [0.29, 0.717) is 11.4 Å². The molecule has 1 aliphatic carbocycles. The molecule has 0 spiro atoms. The van der Waals surface area contributed by atoms with Crippen LogP contribution in [0.25, 0.3) is 11.1 Å². The highest BCUT2D eigenvalue weighted by Crippen LogP contribution is 2.28. The van der Waals surface area contributed by atoms with E-state index in [9.17, 15) is 9.59 Å². The molecule has 0 radical (unpaired) electrons. The van der Waals surface area contributed by atoms with Crippen molar-refractivity contribution in [3.63, 3.8) is 0 Å². The van der Waals surface area contributed by atoms with E-state index in [-0.39, 0.29) is 17.7 Å². The number of amides is 2. The number of rotatable bonds is 6. The zero-order valence-corrected chi connectivity index (χ0v) is 18.5. The van der Waals surface area contributed by atoms with Crippen molar-refractivity contribution in [2.75, 3.05) is 5.32 Å². The zero-order valence-electron chi connectivity index (χ0n) is 18.5. The first-order valence-corrected chi connectivity index (χ1v) is 11.1. The van der Waals surface area contributed by atoms with Gasteiger partial charge in [-0.1, -0.05) is 31.4 Å². The third-order valence-electron chi connectivity index (χ3n) is 6.25. The van der Waals surface area contributed by atoms with E-state index in [1.807, 2.05) is 43.5 Å². The normalized spacial score (nSPS) is 15.2. The molecule has 166 valence electrons. The Hall–Kier alpha value is -3.48. The second-order valence-corrected chi connectivity index (χ2v) is 8.45. The van der Waals surface area contributed by atoms with Gasteiger partial charge in [-0.25, -0.2) is 0 Å². The SMILES string of the molecule is Cc1ccncc1-c1ccc(NC(=O)C(NC(=O)c2ccnn2C)C2CCCCC2)cc1. The number of aromatic nitrogens is 3. The first-order valence-electron chi connectivity index (χ1n) is 11.1. The lowest BCUT2D eigenvalue weighted by molar-refractivity contribution is -0.119. The predicted molar refractivity (Wildman–Crippen MR) is 124 cm³/mol. The van der Waals surface area contributed by atoms with Gasteiger partial charge in [-0.05, 0) is 61.1 Å². The van der Waals surface area contributed by atoms with Crippen molar-refractivity contribution < 1.29 is 9.59 Å². The number of carbonyl (C=O) groups excluding carboxylic acids is 2. The van der Waals surface area contributed by atoms with E-state index in [1.165, 1.54) is 11.1 Å². The molecule has 1 aromatic carbocycles. The molecule has 32 heavy (non-hydrogen) atoms. The zero-order chi connectivity index (χ0) is 22.5. The van der Waals surface area contributed by atoms with Crippen LogP contribution in [0.3, 0.4) is 0 Å². The van der Waals surface area contributed by atoms with Crippen LogP contribution in [0, 0.1) is 12.8 Å². The Morgan fingerprint density at radius 3 is 2.44 bits per heavy atom. The molecule has 1 atom stereocenters. The van der Waals surface area contributed by atoms with Crippen molar-refractivity contribution in [1.29, 1.82) is 0 Å². The largest absolute Gasteiger partial charge is 0.339 e. The number of nitrogens with zero attached hydrogens (tertiary/aromatic N) is 3. The molecule has 4 rings (SSSR count). The van der Waals surface area contributed by atoms with E-state index < -0.39 is 6.04 Å². The van der Waals surface area contributed by atoms with Gasteiger partial charge in [-0.2, -0.15) is 5.10 Å². The molecule has 3 aromatic rings. The summed E-state index contributed by atoms with van der Waals surface area (Å²) >= 11 is 0. The Balaban J connectivity index is 1.50. The van der Waals surface area contributed by atoms with Gasteiger partial charge in [0.25, 0.3) is 5.91 Å². The summed E-state index contributed by atoms with van der Waals surface area (Å²) in [5.74, 6) is -0.339.